The molecule has 0 saturated carbocycles. The molecule has 4 heterocycles. The van der Waals surface area contributed by atoms with Gasteiger partial charge in [-0.25, -0.2) is 4.39 Å². The quantitative estimate of drug-likeness (QED) is 0.0334. The van der Waals surface area contributed by atoms with Crippen LogP contribution < -0.4 is 26.4 Å². The van der Waals surface area contributed by atoms with Gasteiger partial charge in [0.05, 0.1) is 58.2 Å². The number of morpholine rings is 1. The van der Waals surface area contributed by atoms with E-state index >= 15 is 4.39 Å². The number of halogens is 1. The molecule has 5 rings (SSSR count). The van der Waals surface area contributed by atoms with Crippen molar-refractivity contribution in [2.75, 3.05) is 0 Å². The predicted molar refractivity (Wildman–Crippen MR) is 184 cm³/mol. The SMILES string of the molecule is [B]c1c([B])c2c(c(F)c1C([B])([B])NC(O)=C1/C(=C(/O)C(=C)O)C(=O)N(C3(O)CCC(=O)NC3=O)C1([B])O)OOC1(O)N(C2([B])[B])C([B])([B])C([B])(O)OC1(O)O. The van der Waals surface area contributed by atoms with Crippen LogP contribution in [0.1, 0.15) is 24.0 Å². The van der Waals surface area contributed by atoms with Crippen molar-refractivity contribution in [3.8, 4) is 5.75 Å². The number of aliphatic hydroxyl groups is 9. The van der Waals surface area contributed by atoms with Crippen molar-refractivity contribution in [2.45, 2.75) is 57.8 Å². The summed E-state index contributed by atoms with van der Waals surface area (Å²) in [6.07, 6.45) is -1.55. The van der Waals surface area contributed by atoms with Crippen LogP contribution in [0.3, 0.4) is 0 Å². The molecule has 19 nitrogen and oxygen atoms in total. The summed E-state index contributed by atoms with van der Waals surface area (Å²) in [5.41, 5.74) is -17.8. The van der Waals surface area contributed by atoms with Crippen molar-refractivity contribution in [2.24, 2.45) is 0 Å². The number of nitrogens with zero attached hydrogens (tertiary/aromatic N) is 2. The minimum Gasteiger partial charge on any atom is -0.505 e. The number of benzene rings is 1. The number of amides is 3. The Balaban J connectivity index is 1.71. The first-order chi connectivity index (χ1) is 24.7. The molecule has 11 N–H and O–H groups in total. The van der Waals surface area contributed by atoms with E-state index in [0.717, 1.165) is 0 Å². The van der Waals surface area contributed by atoms with Gasteiger partial charge in [-0.2, -0.15) is 0 Å². The normalized spacial score (nSPS) is 33.4. The second kappa shape index (κ2) is 12.4. The largest absolute Gasteiger partial charge is 0.505 e. The Labute approximate surface area is 321 Å². The van der Waals surface area contributed by atoms with Gasteiger partial charge in [-0.05, 0) is 27.1 Å². The maximum absolute atomic E-state index is 16.7. The second-order valence-corrected chi connectivity index (χ2v) is 12.8. The molecule has 4 atom stereocenters. The lowest BCUT2D eigenvalue weighted by Crippen LogP contribution is -2.88. The van der Waals surface area contributed by atoms with Crippen molar-refractivity contribution in [1.29, 1.82) is 0 Å². The van der Waals surface area contributed by atoms with Crippen molar-refractivity contribution >= 4 is 107 Å². The number of likely N-dealkylation sites (tertiary alicyclic amines) is 1. The van der Waals surface area contributed by atoms with Crippen LogP contribution in [0.2, 0.25) is 0 Å². The molecule has 4 aliphatic rings. The minimum atomic E-state index is -4.25. The molecule has 0 aromatic heterocycles. The van der Waals surface area contributed by atoms with Crippen LogP contribution in [0.25, 0.3) is 0 Å². The molecular formula is C25H17B10FN4O15. The van der Waals surface area contributed by atoms with E-state index in [1.807, 2.05) is 5.32 Å². The van der Waals surface area contributed by atoms with Crippen LogP contribution in [0, 0.1) is 5.82 Å². The van der Waals surface area contributed by atoms with Crippen molar-refractivity contribution in [1.82, 2.24) is 20.4 Å². The number of nitrogens with one attached hydrogen (secondary N) is 2. The first-order valence-corrected chi connectivity index (χ1v) is 14.8. The zero-order valence-electron chi connectivity index (χ0n) is 27.6. The molecule has 20 radical (unpaired) electrons. The molecule has 4 aliphatic heterocycles. The van der Waals surface area contributed by atoms with Crippen molar-refractivity contribution in [3.05, 3.63) is 52.1 Å². The number of rotatable bonds is 5. The van der Waals surface area contributed by atoms with Gasteiger partial charge in [0.2, 0.25) is 17.4 Å². The summed E-state index contributed by atoms with van der Waals surface area (Å²) in [5.74, 6) is -20.6. The van der Waals surface area contributed by atoms with Crippen LogP contribution in [0.4, 0.5) is 4.39 Å². The fraction of sp³-hybridized carbons (Fsp3) is 0.400. The fourth-order valence-corrected chi connectivity index (χ4v) is 6.40. The number of aliphatic hydroxyl groups excluding tert-OH is 3. The summed E-state index contributed by atoms with van der Waals surface area (Å²) in [6, 6.07) is 0. The van der Waals surface area contributed by atoms with Crippen LogP contribution in [-0.2, 0) is 34.7 Å². The number of carbonyl (C=O) groups is 3. The summed E-state index contributed by atoms with van der Waals surface area (Å²) in [4.78, 5) is 47.1. The highest BCUT2D eigenvalue weighted by molar-refractivity contribution is 6.54. The molecule has 0 aliphatic carbocycles. The molecular weight excluding hydrogens is 723 g/mol. The van der Waals surface area contributed by atoms with Gasteiger partial charge in [0, 0.05) is 12.8 Å². The molecule has 1 aromatic carbocycles. The third-order valence-corrected chi connectivity index (χ3v) is 9.00. The van der Waals surface area contributed by atoms with Crippen LogP contribution in [0.15, 0.2) is 35.1 Å². The van der Waals surface area contributed by atoms with Gasteiger partial charge in [0.25, 0.3) is 11.8 Å². The molecule has 55 heavy (non-hydrogen) atoms. The molecule has 1 aromatic rings. The summed E-state index contributed by atoms with van der Waals surface area (Å²) in [5, 5.41) is 90.8. The van der Waals surface area contributed by atoms with Crippen molar-refractivity contribution in [3.63, 3.8) is 0 Å². The minimum absolute atomic E-state index is 0.205. The van der Waals surface area contributed by atoms with Crippen LogP contribution >= 0.6 is 0 Å². The summed E-state index contributed by atoms with van der Waals surface area (Å²) >= 11 is 0. The van der Waals surface area contributed by atoms with Crippen LogP contribution in [0.5, 0.6) is 5.75 Å². The fourth-order valence-electron chi connectivity index (χ4n) is 6.40. The summed E-state index contributed by atoms with van der Waals surface area (Å²) in [6.45, 7) is 3.00. The molecule has 0 spiro atoms. The molecule has 30 heteroatoms. The first-order valence-electron chi connectivity index (χ1n) is 14.8. The maximum atomic E-state index is 16.7. The lowest BCUT2D eigenvalue weighted by atomic mass is 9.43. The van der Waals surface area contributed by atoms with E-state index in [2.05, 4.69) is 16.2 Å². The summed E-state index contributed by atoms with van der Waals surface area (Å²) in [7, 11) is 59.9. The molecule has 3 saturated heterocycles. The highest BCUT2D eigenvalue weighted by Crippen LogP contribution is 2.52. The molecule has 4 unspecified atom stereocenters. The lowest BCUT2D eigenvalue weighted by Gasteiger charge is -2.65. The van der Waals surface area contributed by atoms with E-state index in [1.165, 1.54) is 0 Å². The van der Waals surface area contributed by atoms with E-state index in [9.17, 15) is 60.3 Å². The number of imide groups is 1. The van der Waals surface area contributed by atoms with E-state index < -0.39 is 138 Å². The average Bonchev–Trinajstić information content (AvgIpc) is 3.15. The Morgan fingerprint density at radius 2 is 1.51 bits per heavy atom. The van der Waals surface area contributed by atoms with E-state index in [0.29, 0.717) is 0 Å². The smallest absolute Gasteiger partial charge is 0.357 e. The second-order valence-electron chi connectivity index (χ2n) is 12.8. The van der Waals surface area contributed by atoms with Gasteiger partial charge in [-0.3, -0.25) is 34.2 Å². The molecule has 0 bridgehead atoms. The Kier molecular flexibility index (Phi) is 9.55. The van der Waals surface area contributed by atoms with E-state index in [1.54, 1.807) is 5.32 Å². The van der Waals surface area contributed by atoms with Gasteiger partial charge >= 0.3 is 11.9 Å². The molecule has 3 fully saturated rings. The third-order valence-electron chi connectivity index (χ3n) is 9.00. The standard InChI is InChI=1S/C25H17B10FN4O15/c1-4(41)13(43)6-7(21(32,48)39(16(6)45)18(47)3-2-5(42)37-17(18)46)15(44)38-19(28,29)8-10(26)11(27)9-14(12(8)36)53-55-24(50)25(51,52)54-23(35,49)22(33,34)40(24)20(9,30)31/h38,41,43-44,47-52H,1-3H2,(H,37,42,46)/b13-6-,15-7?. The summed E-state index contributed by atoms with van der Waals surface area (Å²) < 4.78 is 21.0. The number of piperidine rings is 1. The number of fused-ring (bicyclic) bond motifs is 2. The Morgan fingerprint density at radius 1 is 0.945 bits per heavy atom. The maximum Gasteiger partial charge on any atom is 0.357 e. The van der Waals surface area contributed by atoms with Crippen LogP contribution in [-0.4, -0.2) is 186 Å². The highest BCUT2D eigenvalue weighted by Gasteiger charge is 2.74. The number of hydrogen-bond donors (Lipinski definition) is 11. The van der Waals surface area contributed by atoms with Gasteiger partial charge < -0.3 is 56.2 Å². The number of ether oxygens (including phenoxy) is 1. The Morgan fingerprint density at radius 3 is 2.04 bits per heavy atom. The topological polar surface area (TPSA) is 292 Å². The number of carbonyl (C=O) groups excluding carboxylic acids is 3. The average molecular weight is 741 g/mol. The first kappa shape index (κ1) is 42.4. The molecule has 264 valence electrons. The van der Waals surface area contributed by atoms with Gasteiger partial charge in [0.15, 0.2) is 38.9 Å². The zero-order valence-corrected chi connectivity index (χ0v) is 27.6. The monoisotopic (exact) mass is 742 g/mol. The van der Waals surface area contributed by atoms with Gasteiger partial charge in [0.1, 0.15) is 27.0 Å². The zero-order chi connectivity index (χ0) is 42.2. The molecule has 3 amide bonds. The predicted octanol–water partition coefficient (Wildman–Crippen LogP) is -9.92. The Bertz CT molecular complexity index is 2030. The highest BCUT2D eigenvalue weighted by atomic mass is 19.1. The number of hydrogen-bond acceptors (Lipinski definition) is 17. The lowest BCUT2D eigenvalue weighted by molar-refractivity contribution is -0.597. The third kappa shape index (κ3) is 5.71. The van der Waals surface area contributed by atoms with E-state index in [4.69, 9.17) is 83.4 Å². The van der Waals surface area contributed by atoms with Crippen molar-refractivity contribution < 1.29 is 79.2 Å². The Hall–Kier alpha value is -3.73. The van der Waals surface area contributed by atoms with Gasteiger partial charge in [-0.15, -0.1) is 4.89 Å². The van der Waals surface area contributed by atoms with E-state index in [-0.39, 0.29) is 9.80 Å². The van der Waals surface area contributed by atoms with Gasteiger partial charge in [-0.1, -0.05) is 17.5 Å².